The monoisotopic (exact) mass is 288 g/mol. The van der Waals surface area contributed by atoms with E-state index in [1.165, 1.54) is 32.4 Å². The molecule has 0 saturated heterocycles. The van der Waals surface area contributed by atoms with Crippen molar-refractivity contribution in [1.29, 1.82) is 0 Å². The molecule has 0 aliphatic heterocycles. The maximum Gasteiger partial charge on any atom is 0.387 e. The van der Waals surface area contributed by atoms with Crippen molar-refractivity contribution in [2.24, 2.45) is 0 Å². The average molecular weight is 288 g/mol. The number of ether oxygens (including phenoxy) is 3. The largest absolute Gasteiger partial charge is 0.469 e. The second-order valence-electron chi connectivity index (χ2n) is 3.73. The van der Waals surface area contributed by atoms with Gasteiger partial charge in [0, 0.05) is 12.0 Å². The number of hydrogen-bond acceptors (Lipinski definition) is 5. The van der Waals surface area contributed by atoms with Crippen molar-refractivity contribution in [3.8, 4) is 5.75 Å². The van der Waals surface area contributed by atoms with Crippen LogP contribution in [0.2, 0.25) is 0 Å². The molecule has 0 atom stereocenters. The number of alkyl halides is 2. The normalized spacial score (nSPS) is 10.2. The number of carbonyl (C=O) groups excluding carboxylic acids is 2. The van der Waals surface area contributed by atoms with E-state index in [1.54, 1.807) is 0 Å². The third-order valence-corrected chi connectivity index (χ3v) is 2.56. The molecule has 0 radical (unpaired) electrons. The molecular weight excluding hydrogens is 274 g/mol. The maximum absolute atomic E-state index is 12.4. The van der Waals surface area contributed by atoms with E-state index in [1.807, 2.05) is 0 Å². The first-order chi connectivity index (χ1) is 9.49. The lowest BCUT2D eigenvalue weighted by atomic mass is 10.0. The van der Waals surface area contributed by atoms with Gasteiger partial charge in [0.1, 0.15) is 5.75 Å². The van der Waals surface area contributed by atoms with Gasteiger partial charge >= 0.3 is 18.6 Å². The third-order valence-electron chi connectivity index (χ3n) is 2.56. The number of benzene rings is 1. The van der Waals surface area contributed by atoms with Gasteiger partial charge in [0.25, 0.3) is 0 Å². The number of carbonyl (C=O) groups is 2. The van der Waals surface area contributed by atoms with Gasteiger partial charge in [-0.05, 0) is 18.6 Å². The molecule has 0 unspecified atom stereocenters. The molecule has 5 nitrogen and oxygen atoms in total. The van der Waals surface area contributed by atoms with Crippen molar-refractivity contribution >= 4 is 11.9 Å². The Kier molecular flexibility index (Phi) is 5.89. The molecule has 0 aliphatic carbocycles. The van der Waals surface area contributed by atoms with Crippen LogP contribution in [0.15, 0.2) is 18.2 Å². The van der Waals surface area contributed by atoms with Crippen molar-refractivity contribution in [1.82, 2.24) is 0 Å². The Morgan fingerprint density at radius 1 is 1.20 bits per heavy atom. The Labute approximate surface area is 114 Å². The molecule has 0 aliphatic rings. The molecule has 1 aromatic carbocycles. The van der Waals surface area contributed by atoms with Gasteiger partial charge < -0.3 is 14.2 Å². The quantitative estimate of drug-likeness (QED) is 0.751. The standard InChI is InChI=1S/C13H14F2O5/c1-18-11(16)7-6-8-9(12(17)19-2)4-3-5-10(8)20-13(14)15/h3-5,13H,6-7H2,1-2H3. The Morgan fingerprint density at radius 3 is 2.45 bits per heavy atom. The van der Waals surface area contributed by atoms with Gasteiger partial charge in [-0.2, -0.15) is 8.78 Å². The van der Waals surface area contributed by atoms with E-state index >= 15 is 0 Å². The van der Waals surface area contributed by atoms with Crippen LogP contribution in [0, 0.1) is 0 Å². The summed E-state index contributed by atoms with van der Waals surface area (Å²) in [6, 6.07) is 4.10. The summed E-state index contributed by atoms with van der Waals surface area (Å²) < 4.78 is 38.1. The highest BCUT2D eigenvalue weighted by atomic mass is 19.3. The highest BCUT2D eigenvalue weighted by Gasteiger charge is 2.19. The van der Waals surface area contributed by atoms with Crippen molar-refractivity contribution in [3.05, 3.63) is 29.3 Å². The summed E-state index contributed by atoms with van der Waals surface area (Å²) in [4.78, 5) is 22.7. The van der Waals surface area contributed by atoms with Crippen LogP contribution < -0.4 is 4.74 Å². The van der Waals surface area contributed by atoms with Crippen LogP contribution in [0.3, 0.4) is 0 Å². The van der Waals surface area contributed by atoms with Gasteiger partial charge in [0.15, 0.2) is 0 Å². The summed E-state index contributed by atoms with van der Waals surface area (Å²) >= 11 is 0. The van der Waals surface area contributed by atoms with Gasteiger partial charge in [0.2, 0.25) is 0 Å². The van der Waals surface area contributed by atoms with E-state index < -0.39 is 18.6 Å². The summed E-state index contributed by atoms with van der Waals surface area (Å²) in [7, 11) is 2.39. The Hall–Kier alpha value is -2.18. The van der Waals surface area contributed by atoms with Gasteiger partial charge in [-0.1, -0.05) is 6.07 Å². The van der Waals surface area contributed by atoms with Crippen LogP contribution in [-0.2, 0) is 20.7 Å². The fraction of sp³-hybridized carbons (Fsp3) is 0.385. The van der Waals surface area contributed by atoms with Gasteiger partial charge in [-0.25, -0.2) is 4.79 Å². The van der Waals surface area contributed by atoms with Gasteiger partial charge in [0.05, 0.1) is 19.8 Å². The predicted molar refractivity (Wildman–Crippen MR) is 64.8 cm³/mol. The zero-order valence-corrected chi connectivity index (χ0v) is 11.0. The van der Waals surface area contributed by atoms with Crippen molar-refractivity contribution in [2.75, 3.05) is 14.2 Å². The van der Waals surface area contributed by atoms with Crippen molar-refractivity contribution < 1.29 is 32.6 Å². The minimum absolute atomic E-state index is 0.0278. The minimum Gasteiger partial charge on any atom is -0.469 e. The van der Waals surface area contributed by atoms with Crippen molar-refractivity contribution in [2.45, 2.75) is 19.5 Å². The van der Waals surface area contributed by atoms with Crippen LogP contribution >= 0.6 is 0 Å². The maximum atomic E-state index is 12.4. The zero-order chi connectivity index (χ0) is 15.1. The summed E-state index contributed by atoms with van der Waals surface area (Å²) in [5.41, 5.74) is 0.264. The Morgan fingerprint density at radius 2 is 1.90 bits per heavy atom. The van der Waals surface area contributed by atoms with Gasteiger partial charge in [-0.3, -0.25) is 4.79 Å². The van der Waals surface area contributed by atoms with E-state index in [2.05, 4.69) is 14.2 Å². The lowest BCUT2D eigenvalue weighted by Crippen LogP contribution is -2.12. The van der Waals surface area contributed by atoms with Crippen LogP contribution in [0.4, 0.5) is 8.78 Å². The van der Waals surface area contributed by atoms with E-state index in [0.29, 0.717) is 0 Å². The molecule has 110 valence electrons. The molecule has 7 heteroatoms. The van der Waals surface area contributed by atoms with Crippen LogP contribution in [0.25, 0.3) is 0 Å². The number of halogens is 2. The smallest absolute Gasteiger partial charge is 0.387 e. The summed E-state index contributed by atoms with van der Waals surface area (Å²) in [6.45, 7) is -3.03. The second kappa shape index (κ2) is 7.42. The van der Waals surface area contributed by atoms with E-state index in [4.69, 9.17) is 0 Å². The molecule has 20 heavy (non-hydrogen) atoms. The van der Waals surface area contributed by atoms with Crippen LogP contribution in [0.1, 0.15) is 22.3 Å². The fourth-order valence-corrected chi connectivity index (χ4v) is 1.66. The molecule has 0 heterocycles. The first-order valence-corrected chi connectivity index (χ1v) is 5.71. The topological polar surface area (TPSA) is 61.8 Å². The van der Waals surface area contributed by atoms with Crippen molar-refractivity contribution in [3.63, 3.8) is 0 Å². The highest BCUT2D eigenvalue weighted by molar-refractivity contribution is 5.92. The average Bonchev–Trinajstić information content (AvgIpc) is 2.43. The zero-order valence-electron chi connectivity index (χ0n) is 11.0. The van der Waals surface area contributed by atoms with E-state index in [9.17, 15) is 18.4 Å². The first-order valence-electron chi connectivity index (χ1n) is 5.71. The molecule has 0 aromatic heterocycles. The molecule has 0 amide bonds. The molecular formula is C13H14F2O5. The van der Waals surface area contributed by atoms with E-state index in [0.717, 1.165) is 0 Å². The number of hydrogen-bond donors (Lipinski definition) is 0. The molecule has 0 N–H and O–H groups in total. The molecule has 1 aromatic rings. The highest BCUT2D eigenvalue weighted by Crippen LogP contribution is 2.26. The predicted octanol–water partition coefficient (Wildman–Crippen LogP) is 2.18. The second-order valence-corrected chi connectivity index (χ2v) is 3.73. The molecule has 1 rings (SSSR count). The van der Waals surface area contributed by atoms with Crippen LogP contribution in [-0.4, -0.2) is 32.8 Å². The Bertz CT molecular complexity index is 488. The molecule has 0 fully saturated rings. The van der Waals surface area contributed by atoms with Gasteiger partial charge in [-0.15, -0.1) is 0 Å². The molecule has 0 saturated carbocycles. The lowest BCUT2D eigenvalue weighted by Gasteiger charge is -2.13. The first kappa shape index (κ1) is 15.9. The minimum atomic E-state index is -3.03. The lowest BCUT2D eigenvalue weighted by molar-refractivity contribution is -0.140. The molecule has 0 spiro atoms. The fourth-order valence-electron chi connectivity index (χ4n) is 1.66. The SMILES string of the molecule is COC(=O)CCc1c(OC(F)F)cccc1C(=O)OC. The number of methoxy groups -OCH3 is 2. The van der Waals surface area contributed by atoms with E-state index in [-0.39, 0.29) is 29.7 Å². The molecule has 0 bridgehead atoms. The third kappa shape index (κ3) is 4.18. The summed E-state index contributed by atoms with van der Waals surface area (Å²) in [5.74, 6) is -1.37. The summed E-state index contributed by atoms with van der Waals surface area (Å²) in [5, 5.41) is 0. The number of esters is 2. The van der Waals surface area contributed by atoms with Crippen LogP contribution in [0.5, 0.6) is 5.75 Å². The Balaban J connectivity index is 3.10. The summed E-state index contributed by atoms with van der Waals surface area (Å²) in [6.07, 6.45) is -0.0376. The number of rotatable bonds is 6.